The van der Waals surface area contributed by atoms with Crippen LogP contribution in [0.15, 0.2) is 61.9 Å². The van der Waals surface area contributed by atoms with Gasteiger partial charge in [-0.15, -0.1) is 0 Å². The lowest BCUT2D eigenvalue weighted by molar-refractivity contribution is 0.524. The second-order valence-electron chi connectivity index (χ2n) is 4.33. The number of benzene rings is 2. The smallest absolute Gasteiger partial charge is 0.134 e. The molecule has 1 unspecified atom stereocenters. The predicted molar refractivity (Wildman–Crippen MR) is 84.1 cm³/mol. The first kappa shape index (κ1) is 12.9. The van der Waals surface area contributed by atoms with Crippen LogP contribution in [0.25, 0.3) is 11.0 Å². The van der Waals surface area contributed by atoms with E-state index in [1.54, 1.807) is 0 Å². The third kappa shape index (κ3) is 2.48. The summed E-state index contributed by atoms with van der Waals surface area (Å²) < 4.78 is 7.79. The molecular formula is C15H11Br2NO. The topological polar surface area (TPSA) is 39.2 Å². The molecule has 3 rings (SSSR count). The van der Waals surface area contributed by atoms with Crippen molar-refractivity contribution in [3.8, 4) is 0 Å². The van der Waals surface area contributed by atoms with E-state index in [0.717, 1.165) is 31.2 Å². The van der Waals surface area contributed by atoms with E-state index in [2.05, 4.69) is 31.9 Å². The number of hydrogen-bond acceptors (Lipinski definition) is 2. The molecule has 0 aliphatic heterocycles. The van der Waals surface area contributed by atoms with Crippen LogP contribution in [0.1, 0.15) is 17.4 Å². The summed E-state index contributed by atoms with van der Waals surface area (Å²) in [5.41, 5.74) is 8.16. The third-order valence-corrected chi connectivity index (χ3v) is 4.23. The summed E-state index contributed by atoms with van der Waals surface area (Å²) in [5.74, 6) is 0.768. The Morgan fingerprint density at radius 2 is 1.79 bits per heavy atom. The molecule has 19 heavy (non-hydrogen) atoms. The predicted octanol–water partition coefficient (Wildman–Crippen LogP) is 5.01. The molecule has 0 bridgehead atoms. The monoisotopic (exact) mass is 379 g/mol. The van der Waals surface area contributed by atoms with Crippen molar-refractivity contribution in [2.75, 3.05) is 0 Å². The Labute approximate surface area is 127 Å². The molecule has 0 fully saturated rings. The minimum atomic E-state index is -0.283. The van der Waals surface area contributed by atoms with Crippen LogP contribution < -0.4 is 5.73 Å². The van der Waals surface area contributed by atoms with Gasteiger partial charge in [-0.25, -0.2) is 0 Å². The van der Waals surface area contributed by atoms with Crippen LogP contribution in [-0.4, -0.2) is 0 Å². The average Bonchev–Trinajstić information content (AvgIpc) is 2.81. The summed E-state index contributed by atoms with van der Waals surface area (Å²) in [6.45, 7) is 0. The van der Waals surface area contributed by atoms with Gasteiger partial charge in [-0.1, -0.05) is 56.1 Å². The zero-order chi connectivity index (χ0) is 13.4. The van der Waals surface area contributed by atoms with Gasteiger partial charge in [-0.3, -0.25) is 0 Å². The summed E-state index contributed by atoms with van der Waals surface area (Å²) in [4.78, 5) is 0. The first-order valence-electron chi connectivity index (χ1n) is 5.84. The average molecular weight is 381 g/mol. The SMILES string of the molecule is NC(c1cc2ccccc2o1)c1ccc(Br)cc1Br. The van der Waals surface area contributed by atoms with Gasteiger partial charge in [0.25, 0.3) is 0 Å². The highest BCUT2D eigenvalue weighted by atomic mass is 79.9. The van der Waals surface area contributed by atoms with Gasteiger partial charge in [-0.05, 0) is 29.8 Å². The lowest BCUT2D eigenvalue weighted by Gasteiger charge is -2.11. The maximum absolute atomic E-state index is 6.29. The summed E-state index contributed by atoms with van der Waals surface area (Å²) >= 11 is 6.97. The van der Waals surface area contributed by atoms with Crippen molar-refractivity contribution in [1.82, 2.24) is 0 Å². The molecule has 0 spiro atoms. The van der Waals surface area contributed by atoms with E-state index in [9.17, 15) is 0 Å². The quantitative estimate of drug-likeness (QED) is 0.678. The largest absolute Gasteiger partial charge is 0.459 e. The zero-order valence-corrected chi connectivity index (χ0v) is 13.1. The minimum absolute atomic E-state index is 0.283. The van der Waals surface area contributed by atoms with Crippen LogP contribution in [0.5, 0.6) is 0 Å². The van der Waals surface area contributed by atoms with Gasteiger partial charge in [0, 0.05) is 14.3 Å². The normalized spacial score (nSPS) is 12.8. The van der Waals surface area contributed by atoms with Gasteiger partial charge < -0.3 is 10.2 Å². The fraction of sp³-hybridized carbons (Fsp3) is 0.0667. The van der Waals surface area contributed by atoms with E-state index in [4.69, 9.17) is 10.2 Å². The molecule has 2 N–H and O–H groups in total. The van der Waals surface area contributed by atoms with Gasteiger partial charge in [0.05, 0.1) is 6.04 Å². The highest BCUT2D eigenvalue weighted by Crippen LogP contribution is 2.32. The van der Waals surface area contributed by atoms with Crippen molar-refractivity contribution in [2.24, 2.45) is 5.73 Å². The molecule has 2 aromatic carbocycles. The van der Waals surface area contributed by atoms with Crippen molar-refractivity contribution < 1.29 is 4.42 Å². The molecule has 0 aliphatic rings. The lowest BCUT2D eigenvalue weighted by Crippen LogP contribution is -2.11. The number of para-hydroxylation sites is 1. The second-order valence-corrected chi connectivity index (χ2v) is 6.10. The van der Waals surface area contributed by atoms with Crippen molar-refractivity contribution in [2.45, 2.75) is 6.04 Å². The Balaban J connectivity index is 2.05. The van der Waals surface area contributed by atoms with Gasteiger partial charge >= 0.3 is 0 Å². The van der Waals surface area contributed by atoms with Gasteiger partial charge in [0.15, 0.2) is 0 Å². The van der Waals surface area contributed by atoms with E-state index in [1.807, 2.05) is 48.5 Å². The van der Waals surface area contributed by atoms with E-state index >= 15 is 0 Å². The number of rotatable bonds is 2. The number of furan rings is 1. The molecule has 4 heteroatoms. The van der Waals surface area contributed by atoms with E-state index < -0.39 is 0 Å². The molecule has 3 aromatic rings. The van der Waals surface area contributed by atoms with Crippen LogP contribution >= 0.6 is 31.9 Å². The van der Waals surface area contributed by atoms with E-state index in [-0.39, 0.29) is 6.04 Å². The fourth-order valence-corrected chi connectivity index (χ4v) is 3.36. The van der Waals surface area contributed by atoms with Gasteiger partial charge in [0.2, 0.25) is 0 Å². The zero-order valence-electron chi connectivity index (χ0n) is 9.94. The Kier molecular flexibility index (Phi) is 3.48. The summed E-state index contributed by atoms with van der Waals surface area (Å²) in [7, 11) is 0. The molecule has 0 saturated heterocycles. The van der Waals surface area contributed by atoms with Crippen molar-refractivity contribution in [3.63, 3.8) is 0 Å². The van der Waals surface area contributed by atoms with Crippen molar-refractivity contribution in [3.05, 3.63) is 68.8 Å². The fourth-order valence-electron chi connectivity index (χ4n) is 2.06. The summed E-state index contributed by atoms with van der Waals surface area (Å²) in [6.07, 6.45) is 0. The van der Waals surface area contributed by atoms with Crippen LogP contribution in [0.3, 0.4) is 0 Å². The first-order valence-corrected chi connectivity index (χ1v) is 7.43. The van der Waals surface area contributed by atoms with Crippen LogP contribution in [0.4, 0.5) is 0 Å². The molecule has 0 aliphatic carbocycles. The Hall–Kier alpha value is -1.10. The molecular weight excluding hydrogens is 370 g/mol. The third-order valence-electron chi connectivity index (χ3n) is 3.05. The van der Waals surface area contributed by atoms with E-state index in [0.29, 0.717) is 0 Å². The van der Waals surface area contributed by atoms with E-state index in [1.165, 1.54) is 0 Å². The Morgan fingerprint density at radius 1 is 1.00 bits per heavy atom. The van der Waals surface area contributed by atoms with Gasteiger partial charge in [0.1, 0.15) is 11.3 Å². The highest BCUT2D eigenvalue weighted by Gasteiger charge is 2.16. The molecule has 0 radical (unpaired) electrons. The Bertz CT molecular complexity index is 703. The number of nitrogens with two attached hydrogens (primary N) is 1. The molecule has 96 valence electrons. The summed E-state index contributed by atoms with van der Waals surface area (Å²) in [5, 5.41) is 1.07. The molecule has 1 heterocycles. The number of halogens is 2. The summed E-state index contributed by atoms with van der Waals surface area (Å²) in [6, 6.07) is 15.6. The van der Waals surface area contributed by atoms with Crippen LogP contribution in [0.2, 0.25) is 0 Å². The Morgan fingerprint density at radius 3 is 2.53 bits per heavy atom. The van der Waals surface area contributed by atoms with Crippen LogP contribution in [0, 0.1) is 0 Å². The molecule has 1 atom stereocenters. The molecule has 1 aromatic heterocycles. The van der Waals surface area contributed by atoms with Crippen LogP contribution in [-0.2, 0) is 0 Å². The standard InChI is InChI=1S/C15H11Br2NO/c16-10-5-6-11(12(17)8-10)15(18)14-7-9-3-1-2-4-13(9)19-14/h1-8,15H,18H2. The first-order chi connectivity index (χ1) is 9.15. The lowest BCUT2D eigenvalue weighted by atomic mass is 10.1. The van der Waals surface area contributed by atoms with Crippen molar-refractivity contribution >= 4 is 42.8 Å². The van der Waals surface area contributed by atoms with Crippen molar-refractivity contribution in [1.29, 1.82) is 0 Å². The number of fused-ring (bicyclic) bond motifs is 1. The second kappa shape index (κ2) is 5.12. The highest BCUT2D eigenvalue weighted by molar-refractivity contribution is 9.11. The molecule has 0 saturated carbocycles. The maximum Gasteiger partial charge on any atom is 0.134 e. The molecule has 2 nitrogen and oxygen atoms in total. The molecule has 0 amide bonds. The van der Waals surface area contributed by atoms with Gasteiger partial charge in [-0.2, -0.15) is 0 Å². The maximum atomic E-state index is 6.29. The number of hydrogen-bond donors (Lipinski definition) is 1. The minimum Gasteiger partial charge on any atom is -0.459 e.